The molecule has 1 aliphatic rings. The van der Waals surface area contributed by atoms with E-state index in [0.717, 1.165) is 17.3 Å². The molecule has 1 nitrogen and oxygen atoms in total. The Morgan fingerprint density at radius 2 is 2.29 bits per heavy atom. The zero-order chi connectivity index (χ0) is 12.6. The minimum atomic E-state index is -0.289. The summed E-state index contributed by atoms with van der Waals surface area (Å²) in [5.41, 5.74) is -0.0205. The lowest BCUT2D eigenvalue weighted by atomic mass is 9.65. The van der Waals surface area contributed by atoms with Crippen molar-refractivity contribution in [1.29, 1.82) is 0 Å². The van der Waals surface area contributed by atoms with Gasteiger partial charge in [0, 0.05) is 23.3 Å². The maximum absolute atomic E-state index is 13.1. The highest BCUT2D eigenvalue weighted by molar-refractivity contribution is 9.10. The van der Waals surface area contributed by atoms with Crippen LogP contribution in [0.15, 0.2) is 22.7 Å². The third kappa shape index (κ3) is 2.32. The minimum Gasteiger partial charge on any atom is -0.488 e. The van der Waals surface area contributed by atoms with Gasteiger partial charge in [-0.25, -0.2) is 4.39 Å². The maximum Gasteiger partial charge on any atom is 0.136 e. The highest BCUT2D eigenvalue weighted by Crippen LogP contribution is 2.49. The van der Waals surface area contributed by atoms with Crippen LogP contribution in [0.3, 0.4) is 0 Å². The second kappa shape index (κ2) is 4.77. The van der Waals surface area contributed by atoms with Crippen molar-refractivity contribution in [3.63, 3.8) is 0 Å². The molecule has 0 saturated heterocycles. The molecular weight excluding hydrogens is 306 g/mol. The van der Waals surface area contributed by atoms with Crippen LogP contribution in [0.25, 0.3) is 0 Å². The molecule has 0 N–H and O–H groups in total. The molecule has 1 fully saturated rings. The summed E-state index contributed by atoms with van der Waals surface area (Å²) in [6.45, 7) is 4.22. The molecule has 4 heteroatoms. The molecule has 0 bridgehead atoms. The third-order valence-corrected chi connectivity index (χ3v) is 5.13. The van der Waals surface area contributed by atoms with Gasteiger partial charge in [0.05, 0.1) is 4.47 Å². The molecule has 1 aromatic carbocycles. The van der Waals surface area contributed by atoms with Gasteiger partial charge in [0.25, 0.3) is 0 Å². The number of ether oxygens (including phenoxy) is 1. The quantitative estimate of drug-likeness (QED) is 0.729. The fraction of sp³-hybridized carbons (Fsp3) is 0.538. The molecular formula is C13H15BrClFO. The van der Waals surface area contributed by atoms with Crippen molar-refractivity contribution in [2.75, 3.05) is 0 Å². The van der Waals surface area contributed by atoms with Crippen LogP contribution in [-0.4, -0.2) is 11.5 Å². The molecule has 2 rings (SSSR count). The molecule has 1 aromatic rings. The largest absolute Gasteiger partial charge is 0.488 e. The molecule has 0 amide bonds. The van der Waals surface area contributed by atoms with Crippen molar-refractivity contribution < 1.29 is 9.13 Å². The summed E-state index contributed by atoms with van der Waals surface area (Å²) in [7, 11) is 0. The first-order chi connectivity index (χ1) is 7.97. The predicted octanol–water partition coefficient (Wildman–Crippen LogP) is 4.76. The van der Waals surface area contributed by atoms with E-state index >= 15 is 0 Å². The zero-order valence-electron chi connectivity index (χ0n) is 9.84. The monoisotopic (exact) mass is 320 g/mol. The van der Waals surface area contributed by atoms with E-state index in [4.69, 9.17) is 16.3 Å². The van der Waals surface area contributed by atoms with Gasteiger partial charge in [0.2, 0.25) is 0 Å². The van der Waals surface area contributed by atoms with Gasteiger partial charge in [-0.05, 0) is 34.5 Å². The van der Waals surface area contributed by atoms with E-state index in [-0.39, 0.29) is 22.7 Å². The van der Waals surface area contributed by atoms with Crippen LogP contribution in [-0.2, 0) is 0 Å². The summed E-state index contributed by atoms with van der Waals surface area (Å²) in [5.74, 6) is 0.265. The molecule has 0 aromatic heterocycles. The number of hydrogen-bond donors (Lipinski definition) is 0. The van der Waals surface area contributed by atoms with Gasteiger partial charge in [-0.15, -0.1) is 11.6 Å². The number of halogens is 3. The summed E-state index contributed by atoms with van der Waals surface area (Å²) in [6, 6.07) is 4.47. The summed E-state index contributed by atoms with van der Waals surface area (Å²) in [5, 5.41) is 0.143. The van der Waals surface area contributed by atoms with Gasteiger partial charge in [0.1, 0.15) is 17.7 Å². The highest BCUT2D eigenvalue weighted by atomic mass is 79.9. The summed E-state index contributed by atoms with van der Waals surface area (Å²) in [6.07, 6.45) is 1.83. The van der Waals surface area contributed by atoms with Crippen molar-refractivity contribution in [2.45, 2.75) is 38.2 Å². The molecule has 0 spiro atoms. The van der Waals surface area contributed by atoms with Crippen LogP contribution in [0.1, 0.15) is 26.7 Å². The van der Waals surface area contributed by atoms with E-state index in [9.17, 15) is 4.39 Å². The molecule has 1 saturated carbocycles. The molecule has 3 unspecified atom stereocenters. The van der Waals surface area contributed by atoms with Crippen LogP contribution < -0.4 is 4.74 Å². The Kier molecular flexibility index (Phi) is 3.69. The predicted molar refractivity (Wildman–Crippen MR) is 71.2 cm³/mol. The van der Waals surface area contributed by atoms with Crippen LogP contribution in [0, 0.1) is 11.2 Å². The lowest BCUT2D eigenvalue weighted by Crippen LogP contribution is -2.55. The van der Waals surface area contributed by atoms with Gasteiger partial charge >= 0.3 is 0 Å². The van der Waals surface area contributed by atoms with Crippen LogP contribution in [0.2, 0.25) is 0 Å². The summed E-state index contributed by atoms with van der Waals surface area (Å²) >= 11 is 9.58. The van der Waals surface area contributed by atoms with Crippen molar-refractivity contribution in [1.82, 2.24) is 0 Å². The normalized spacial score (nSPS) is 32.1. The third-order valence-electron chi connectivity index (χ3n) is 3.80. The van der Waals surface area contributed by atoms with E-state index in [2.05, 4.69) is 29.8 Å². The highest BCUT2D eigenvalue weighted by Gasteiger charge is 2.51. The molecule has 1 aliphatic carbocycles. The van der Waals surface area contributed by atoms with E-state index in [0.29, 0.717) is 5.75 Å². The lowest BCUT2D eigenvalue weighted by molar-refractivity contribution is -0.0300. The summed E-state index contributed by atoms with van der Waals surface area (Å²) < 4.78 is 19.8. The molecule has 94 valence electrons. The van der Waals surface area contributed by atoms with Gasteiger partial charge < -0.3 is 4.74 Å². The molecule has 0 aliphatic heterocycles. The van der Waals surface area contributed by atoms with Crippen molar-refractivity contribution in [3.05, 3.63) is 28.5 Å². The zero-order valence-corrected chi connectivity index (χ0v) is 12.2. The van der Waals surface area contributed by atoms with E-state index in [1.54, 1.807) is 6.07 Å². The Morgan fingerprint density at radius 1 is 1.59 bits per heavy atom. The average Bonchev–Trinajstić information content (AvgIpc) is 2.32. The van der Waals surface area contributed by atoms with Gasteiger partial charge in [-0.2, -0.15) is 0 Å². The molecule has 0 heterocycles. The maximum atomic E-state index is 13.1. The number of rotatable bonds is 3. The SMILES string of the molecule is CCC1(C)C(Cl)CC1Oc1cc(F)ccc1Br. The average molecular weight is 322 g/mol. The van der Waals surface area contributed by atoms with E-state index in [1.807, 2.05) is 0 Å². The first-order valence-electron chi connectivity index (χ1n) is 5.73. The van der Waals surface area contributed by atoms with Crippen LogP contribution >= 0.6 is 27.5 Å². The Morgan fingerprint density at radius 3 is 2.88 bits per heavy atom. The summed E-state index contributed by atoms with van der Waals surface area (Å²) in [4.78, 5) is 0. The standard InChI is InChI=1S/C13H15BrClFO/c1-3-13(2)11(15)7-12(13)17-10-6-8(16)4-5-9(10)14/h4-6,11-12H,3,7H2,1-2H3. The first-order valence-corrected chi connectivity index (χ1v) is 6.96. The Bertz CT molecular complexity index is 426. The van der Waals surface area contributed by atoms with E-state index in [1.165, 1.54) is 12.1 Å². The second-order valence-corrected chi connectivity index (χ2v) is 6.13. The molecule has 17 heavy (non-hydrogen) atoms. The minimum absolute atomic E-state index is 0.0205. The Hall–Kier alpha value is -0.280. The number of alkyl halides is 1. The first kappa shape index (κ1) is 13.2. The molecule has 3 atom stereocenters. The van der Waals surface area contributed by atoms with E-state index < -0.39 is 0 Å². The topological polar surface area (TPSA) is 9.23 Å². The van der Waals surface area contributed by atoms with Crippen molar-refractivity contribution in [2.24, 2.45) is 5.41 Å². The Balaban J connectivity index is 2.14. The van der Waals surface area contributed by atoms with Crippen LogP contribution in [0.5, 0.6) is 5.75 Å². The Labute approximate surface area is 114 Å². The van der Waals surface area contributed by atoms with Crippen molar-refractivity contribution >= 4 is 27.5 Å². The smallest absolute Gasteiger partial charge is 0.136 e. The molecule has 0 radical (unpaired) electrons. The number of hydrogen-bond acceptors (Lipinski definition) is 1. The van der Waals surface area contributed by atoms with Gasteiger partial charge in [-0.3, -0.25) is 0 Å². The number of benzene rings is 1. The second-order valence-electron chi connectivity index (χ2n) is 4.74. The van der Waals surface area contributed by atoms with Gasteiger partial charge in [0.15, 0.2) is 0 Å². The fourth-order valence-electron chi connectivity index (χ4n) is 2.12. The van der Waals surface area contributed by atoms with Crippen LogP contribution in [0.4, 0.5) is 4.39 Å². The van der Waals surface area contributed by atoms with Gasteiger partial charge in [-0.1, -0.05) is 13.8 Å². The fourth-order valence-corrected chi connectivity index (χ4v) is 2.92. The lowest BCUT2D eigenvalue weighted by Gasteiger charge is -2.50. The van der Waals surface area contributed by atoms with Crippen molar-refractivity contribution in [3.8, 4) is 5.75 Å².